The van der Waals surface area contributed by atoms with Gasteiger partial charge in [-0.3, -0.25) is 24.8 Å². The van der Waals surface area contributed by atoms with Crippen LogP contribution in [0.5, 0.6) is 0 Å². The van der Waals surface area contributed by atoms with Crippen LogP contribution in [0.3, 0.4) is 0 Å². The summed E-state index contributed by atoms with van der Waals surface area (Å²) in [5, 5.41) is 19.4. The number of carboxylic acid groups (broad SMARTS) is 1. The van der Waals surface area contributed by atoms with Crippen LogP contribution >= 0.6 is 0 Å². The van der Waals surface area contributed by atoms with Crippen molar-refractivity contribution in [2.75, 3.05) is 26.2 Å². The topological polar surface area (TPSA) is 199 Å². The summed E-state index contributed by atoms with van der Waals surface area (Å²) in [7, 11) is -4.17. The van der Waals surface area contributed by atoms with Gasteiger partial charge in [-0.2, -0.15) is 4.72 Å². The van der Waals surface area contributed by atoms with Crippen molar-refractivity contribution in [3.63, 3.8) is 0 Å². The van der Waals surface area contributed by atoms with Crippen LogP contribution in [-0.2, 0) is 24.4 Å². The second-order valence-corrected chi connectivity index (χ2v) is 10.8. The fourth-order valence-corrected chi connectivity index (χ4v) is 5.33. The summed E-state index contributed by atoms with van der Waals surface area (Å²) in [6.45, 7) is 1.43. The fourth-order valence-electron chi connectivity index (χ4n) is 4.18. The van der Waals surface area contributed by atoms with Crippen LogP contribution in [0.1, 0.15) is 38.5 Å². The number of pyridine rings is 1. The molecule has 2 heterocycles. The first-order chi connectivity index (χ1) is 17.1. The molecule has 1 aromatic heterocycles. The van der Waals surface area contributed by atoms with Crippen LogP contribution in [0, 0.1) is 11.3 Å². The Bertz CT molecular complexity index is 1060. The average Bonchev–Trinajstić information content (AvgIpc) is 3.68. The van der Waals surface area contributed by atoms with Gasteiger partial charge in [-0.15, -0.1) is 0 Å². The number of aliphatic carboxylic acids is 1. The monoisotopic (exact) mass is 523 g/mol. The van der Waals surface area contributed by atoms with Gasteiger partial charge in [-0.05, 0) is 43.7 Å². The Morgan fingerprint density at radius 3 is 2.67 bits per heavy atom. The van der Waals surface area contributed by atoms with E-state index in [1.54, 1.807) is 4.90 Å². The Balaban J connectivity index is 1.70. The lowest BCUT2D eigenvalue weighted by atomic mass is 9.98. The molecule has 0 spiro atoms. The minimum absolute atomic E-state index is 0.0250. The third-order valence-electron chi connectivity index (χ3n) is 6.21. The molecule has 6 N–H and O–H groups in total. The number of carboxylic acids is 1. The first-order valence-electron chi connectivity index (χ1n) is 11.9. The Kier molecular flexibility index (Phi) is 9.20. The molecule has 1 saturated carbocycles. The summed E-state index contributed by atoms with van der Waals surface area (Å²) >= 11 is 0. The van der Waals surface area contributed by atoms with Crippen LogP contribution in [0.4, 0.5) is 0 Å². The lowest BCUT2D eigenvalue weighted by Crippen LogP contribution is -2.52. The van der Waals surface area contributed by atoms with Crippen molar-refractivity contribution >= 4 is 33.8 Å². The van der Waals surface area contributed by atoms with E-state index >= 15 is 0 Å². The molecule has 36 heavy (non-hydrogen) atoms. The highest BCUT2D eigenvalue weighted by molar-refractivity contribution is 7.89. The smallest absolute Gasteiger partial charge is 0.305 e. The molecule has 13 nitrogen and oxygen atoms in total. The molecular formula is C22H33N7O6S. The Morgan fingerprint density at radius 1 is 1.31 bits per heavy atom. The highest BCUT2D eigenvalue weighted by atomic mass is 32.2. The molecule has 2 atom stereocenters. The van der Waals surface area contributed by atoms with E-state index in [-0.39, 0.29) is 35.8 Å². The summed E-state index contributed by atoms with van der Waals surface area (Å²) in [4.78, 5) is 44.0. The maximum absolute atomic E-state index is 13.4. The van der Waals surface area contributed by atoms with Crippen molar-refractivity contribution in [3.8, 4) is 0 Å². The molecular weight excluding hydrogens is 490 g/mol. The summed E-state index contributed by atoms with van der Waals surface area (Å²) in [6, 6.07) is 1.18. The van der Waals surface area contributed by atoms with Crippen molar-refractivity contribution in [1.29, 1.82) is 5.41 Å². The number of carbonyl (C=O) groups excluding carboxylic acids is 2. The standard InChI is InChI=1S/C22H33N7O6S/c23-22(24)28-9-2-3-15(14-28)12-26-19(30)11-18(27-36(34,35)17-4-1-8-25-13-17)21(33)29(16-5-6-16)10-7-20(31)32/h1,4,8,13,15-16,18,27H,2-3,5-7,9-12,14H2,(H3,23,24)(H,26,30)(H,31,32)/t15-,18-/m0/s1. The number of likely N-dealkylation sites (tertiary alicyclic amines) is 1. The predicted octanol–water partition coefficient (Wildman–Crippen LogP) is -0.694. The summed E-state index contributed by atoms with van der Waals surface area (Å²) in [5.41, 5.74) is 5.57. The molecule has 1 saturated heterocycles. The van der Waals surface area contributed by atoms with E-state index in [0.717, 1.165) is 19.0 Å². The lowest BCUT2D eigenvalue weighted by molar-refractivity contribution is -0.140. The number of nitrogens with zero attached hydrogens (tertiary/aromatic N) is 3. The van der Waals surface area contributed by atoms with Gasteiger partial charge in [0.25, 0.3) is 0 Å². The number of guanidine groups is 1. The van der Waals surface area contributed by atoms with Gasteiger partial charge in [0.1, 0.15) is 10.9 Å². The van der Waals surface area contributed by atoms with E-state index in [9.17, 15) is 22.8 Å². The molecule has 14 heteroatoms. The van der Waals surface area contributed by atoms with Gasteiger partial charge in [-0.1, -0.05) is 0 Å². The molecule has 0 radical (unpaired) electrons. The van der Waals surface area contributed by atoms with Crippen LogP contribution in [0.15, 0.2) is 29.4 Å². The second kappa shape index (κ2) is 12.1. The number of rotatable bonds is 12. The normalized spacial score (nSPS) is 18.8. The zero-order chi connectivity index (χ0) is 26.3. The van der Waals surface area contributed by atoms with Crippen LogP contribution in [-0.4, -0.2) is 90.3 Å². The first kappa shape index (κ1) is 27.3. The summed E-state index contributed by atoms with van der Waals surface area (Å²) in [6.07, 6.45) is 4.85. The number of hydrogen-bond acceptors (Lipinski definition) is 7. The van der Waals surface area contributed by atoms with Crippen molar-refractivity contribution in [2.24, 2.45) is 11.7 Å². The molecule has 0 bridgehead atoms. The fraction of sp³-hybridized carbons (Fsp3) is 0.591. The minimum atomic E-state index is -4.17. The van der Waals surface area contributed by atoms with Crippen molar-refractivity contribution in [3.05, 3.63) is 24.5 Å². The number of piperidine rings is 1. The van der Waals surface area contributed by atoms with Gasteiger partial charge in [0.15, 0.2) is 5.96 Å². The van der Waals surface area contributed by atoms with Gasteiger partial charge in [0.2, 0.25) is 21.8 Å². The molecule has 0 unspecified atom stereocenters. The third kappa shape index (κ3) is 7.88. The zero-order valence-corrected chi connectivity index (χ0v) is 20.7. The lowest BCUT2D eigenvalue weighted by Gasteiger charge is -2.33. The van der Waals surface area contributed by atoms with E-state index in [4.69, 9.17) is 16.2 Å². The van der Waals surface area contributed by atoms with Gasteiger partial charge in [0, 0.05) is 44.6 Å². The van der Waals surface area contributed by atoms with E-state index in [1.165, 1.54) is 23.2 Å². The van der Waals surface area contributed by atoms with Crippen molar-refractivity contribution < 1.29 is 27.9 Å². The number of aromatic nitrogens is 1. The summed E-state index contributed by atoms with van der Waals surface area (Å²) < 4.78 is 28.2. The van der Waals surface area contributed by atoms with Crippen molar-refractivity contribution in [2.45, 2.75) is 55.5 Å². The largest absolute Gasteiger partial charge is 0.481 e. The highest BCUT2D eigenvalue weighted by Gasteiger charge is 2.38. The molecule has 1 aromatic rings. The predicted molar refractivity (Wildman–Crippen MR) is 129 cm³/mol. The maximum Gasteiger partial charge on any atom is 0.305 e. The van der Waals surface area contributed by atoms with E-state index in [2.05, 4.69) is 15.0 Å². The molecule has 0 aromatic carbocycles. The van der Waals surface area contributed by atoms with Gasteiger partial charge < -0.3 is 26.0 Å². The number of amides is 2. The molecule has 1 aliphatic heterocycles. The Hall–Kier alpha value is -3.26. The molecule has 3 rings (SSSR count). The van der Waals surface area contributed by atoms with E-state index in [1.807, 2.05) is 0 Å². The Labute approximate surface area is 210 Å². The molecule has 198 valence electrons. The molecule has 2 aliphatic rings. The number of nitrogens with one attached hydrogen (secondary N) is 3. The SMILES string of the molecule is N=C(N)N1CCC[C@@H](CNC(=O)C[C@H](NS(=O)(=O)c2cccnc2)C(=O)N(CCC(=O)O)C2CC2)C1. The zero-order valence-electron chi connectivity index (χ0n) is 19.9. The number of nitrogens with two attached hydrogens (primary N) is 1. The van der Waals surface area contributed by atoms with Gasteiger partial charge in [0.05, 0.1) is 12.8 Å². The maximum atomic E-state index is 13.4. The number of sulfonamides is 1. The molecule has 1 aliphatic carbocycles. The van der Waals surface area contributed by atoms with Gasteiger partial charge in [-0.25, -0.2) is 8.42 Å². The minimum Gasteiger partial charge on any atom is -0.481 e. The van der Waals surface area contributed by atoms with E-state index in [0.29, 0.717) is 32.5 Å². The average molecular weight is 524 g/mol. The summed E-state index contributed by atoms with van der Waals surface area (Å²) in [5.74, 6) is -2.20. The molecule has 2 amide bonds. The van der Waals surface area contributed by atoms with Crippen LogP contribution < -0.4 is 15.8 Å². The third-order valence-corrected chi connectivity index (χ3v) is 7.67. The quantitative estimate of drug-likeness (QED) is 0.174. The molecule has 2 fully saturated rings. The van der Waals surface area contributed by atoms with Crippen LogP contribution in [0.2, 0.25) is 0 Å². The van der Waals surface area contributed by atoms with Gasteiger partial charge >= 0.3 is 5.97 Å². The van der Waals surface area contributed by atoms with E-state index < -0.39 is 40.3 Å². The number of hydrogen-bond donors (Lipinski definition) is 5. The highest BCUT2D eigenvalue weighted by Crippen LogP contribution is 2.28. The van der Waals surface area contributed by atoms with Crippen molar-refractivity contribution in [1.82, 2.24) is 24.8 Å². The Morgan fingerprint density at radius 2 is 2.06 bits per heavy atom. The number of carbonyl (C=O) groups is 3. The first-order valence-corrected chi connectivity index (χ1v) is 13.4. The van der Waals surface area contributed by atoms with Crippen LogP contribution in [0.25, 0.3) is 0 Å². The second-order valence-electron chi connectivity index (χ2n) is 9.12.